The van der Waals surface area contributed by atoms with E-state index in [0.29, 0.717) is 41.8 Å². The van der Waals surface area contributed by atoms with Crippen molar-refractivity contribution in [3.05, 3.63) is 17.2 Å². The van der Waals surface area contributed by atoms with Crippen LogP contribution in [0.2, 0.25) is 5.02 Å². The average Bonchev–Trinajstić information content (AvgIpc) is 2.97. The second kappa shape index (κ2) is 7.75. The van der Waals surface area contributed by atoms with Gasteiger partial charge in [-0.15, -0.1) is 0 Å². The Bertz CT molecular complexity index is 631. The maximum Gasteiger partial charge on any atom is 0.227 e. The van der Waals surface area contributed by atoms with E-state index in [1.165, 1.54) is 14.2 Å². The number of nitrogens with zero attached hydrogens (tertiary/aromatic N) is 2. The van der Waals surface area contributed by atoms with Gasteiger partial charge in [0.1, 0.15) is 11.5 Å². The van der Waals surface area contributed by atoms with Crippen molar-refractivity contribution in [1.82, 2.24) is 4.90 Å². The van der Waals surface area contributed by atoms with Gasteiger partial charge in [0.25, 0.3) is 0 Å². The van der Waals surface area contributed by atoms with E-state index in [2.05, 4.69) is 0 Å². The quantitative estimate of drug-likeness (QED) is 0.787. The molecule has 0 spiro atoms. The molecular formula is C17H23ClN2O4. The summed E-state index contributed by atoms with van der Waals surface area (Å²) in [5.74, 6) is 0.492. The Kier molecular flexibility index (Phi) is 5.94. The number of hydrogen-bond donors (Lipinski definition) is 0. The molecule has 1 atom stereocenters. The fourth-order valence-corrected chi connectivity index (χ4v) is 3.19. The van der Waals surface area contributed by atoms with Gasteiger partial charge in [-0.2, -0.15) is 0 Å². The van der Waals surface area contributed by atoms with Gasteiger partial charge in [0.15, 0.2) is 0 Å². The van der Waals surface area contributed by atoms with Crippen molar-refractivity contribution in [2.24, 2.45) is 5.92 Å². The first-order valence-electron chi connectivity index (χ1n) is 7.97. The minimum absolute atomic E-state index is 0.00995. The smallest absolute Gasteiger partial charge is 0.227 e. The molecule has 0 radical (unpaired) electrons. The topological polar surface area (TPSA) is 59.1 Å². The molecule has 1 fully saturated rings. The fourth-order valence-electron chi connectivity index (χ4n) is 2.95. The molecule has 2 rings (SSSR count). The molecule has 6 nitrogen and oxygen atoms in total. The van der Waals surface area contributed by atoms with Gasteiger partial charge in [-0.1, -0.05) is 11.6 Å². The van der Waals surface area contributed by atoms with Crippen LogP contribution in [-0.4, -0.2) is 50.6 Å². The second-order valence-electron chi connectivity index (χ2n) is 5.57. The molecule has 1 aromatic carbocycles. The summed E-state index contributed by atoms with van der Waals surface area (Å²) in [6, 6.07) is 3.28. The maximum atomic E-state index is 12.5. The molecule has 1 saturated heterocycles. The highest BCUT2D eigenvalue weighted by molar-refractivity contribution is 6.32. The van der Waals surface area contributed by atoms with Crippen LogP contribution in [0.25, 0.3) is 0 Å². The Balaban J connectivity index is 2.30. The van der Waals surface area contributed by atoms with E-state index in [4.69, 9.17) is 21.1 Å². The first-order valence-corrected chi connectivity index (χ1v) is 8.35. The first-order chi connectivity index (χ1) is 11.5. The minimum Gasteiger partial charge on any atom is -0.495 e. The van der Waals surface area contributed by atoms with Crippen molar-refractivity contribution in [2.75, 3.05) is 38.8 Å². The van der Waals surface area contributed by atoms with Crippen LogP contribution in [0.15, 0.2) is 12.1 Å². The Hall–Kier alpha value is -1.95. The fraction of sp³-hybridized carbons (Fsp3) is 0.529. The van der Waals surface area contributed by atoms with E-state index >= 15 is 0 Å². The Morgan fingerprint density at radius 2 is 1.88 bits per heavy atom. The van der Waals surface area contributed by atoms with Crippen molar-refractivity contribution in [1.29, 1.82) is 0 Å². The van der Waals surface area contributed by atoms with Crippen LogP contribution in [0.3, 0.4) is 0 Å². The summed E-state index contributed by atoms with van der Waals surface area (Å²) in [5.41, 5.74) is 0.568. The molecule has 0 saturated carbocycles. The summed E-state index contributed by atoms with van der Waals surface area (Å²) in [7, 11) is 3.02. The molecule has 0 aliphatic carbocycles. The predicted molar refractivity (Wildman–Crippen MR) is 92.9 cm³/mol. The molecule has 7 heteroatoms. The van der Waals surface area contributed by atoms with Crippen LogP contribution in [-0.2, 0) is 9.59 Å². The number of carbonyl (C=O) groups is 2. The summed E-state index contributed by atoms with van der Waals surface area (Å²) >= 11 is 6.11. The molecule has 132 valence electrons. The van der Waals surface area contributed by atoms with E-state index in [1.807, 2.05) is 13.8 Å². The van der Waals surface area contributed by atoms with Crippen LogP contribution < -0.4 is 14.4 Å². The molecule has 2 amide bonds. The summed E-state index contributed by atoms with van der Waals surface area (Å²) in [4.78, 5) is 28.3. The monoisotopic (exact) mass is 354 g/mol. The van der Waals surface area contributed by atoms with Gasteiger partial charge in [-0.3, -0.25) is 9.59 Å². The van der Waals surface area contributed by atoms with E-state index in [-0.39, 0.29) is 24.2 Å². The van der Waals surface area contributed by atoms with Gasteiger partial charge in [-0.25, -0.2) is 0 Å². The maximum absolute atomic E-state index is 12.5. The summed E-state index contributed by atoms with van der Waals surface area (Å²) in [5, 5.41) is 0.403. The van der Waals surface area contributed by atoms with Crippen molar-refractivity contribution in [2.45, 2.75) is 20.3 Å². The SMILES string of the molecule is CCN(CC)C(=O)C1CC(=O)N(c2cc(OC)c(Cl)cc2OC)C1. The summed E-state index contributed by atoms with van der Waals surface area (Å²) in [6.07, 6.45) is 0.198. The molecule has 1 aliphatic rings. The van der Waals surface area contributed by atoms with Crippen LogP contribution in [0.4, 0.5) is 5.69 Å². The Morgan fingerprint density at radius 3 is 2.42 bits per heavy atom. The third-order valence-corrected chi connectivity index (χ3v) is 4.59. The van der Waals surface area contributed by atoms with Crippen molar-refractivity contribution in [3.8, 4) is 11.5 Å². The first kappa shape index (κ1) is 18.4. The van der Waals surface area contributed by atoms with Crippen LogP contribution in [0, 0.1) is 5.92 Å². The van der Waals surface area contributed by atoms with Crippen LogP contribution >= 0.6 is 11.6 Å². The summed E-state index contributed by atoms with van der Waals surface area (Å²) < 4.78 is 10.6. The molecule has 1 aliphatic heterocycles. The van der Waals surface area contributed by atoms with Gasteiger partial charge in [0.05, 0.1) is 30.8 Å². The van der Waals surface area contributed by atoms with Crippen molar-refractivity contribution in [3.63, 3.8) is 0 Å². The highest BCUT2D eigenvalue weighted by atomic mass is 35.5. The Labute approximate surface area is 147 Å². The standard InChI is InChI=1S/C17H23ClN2O4/c1-5-19(6-2)17(22)11-7-16(21)20(10-11)13-9-14(23-3)12(18)8-15(13)24-4/h8-9,11H,5-7,10H2,1-4H3. The van der Waals surface area contributed by atoms with Gasteiger partial charge < -0.3 is 19.3 Å². The predicted octanol–water partition coefficient (Wildman–Crippen LogP) is 2.58. The molecule has 0 N–H and O–H groups in total. The van der Waals surface area contributed by atoms with Crippen molar-refractivity contribution < 1.29 is 19.1 Å². The number of rotatable bonds is 6. The van der Waals surface area contributed by atoms with E-state index in [1.54, 1.807) is 21.9 Å². The van der Waals surface area contributed by atoms with Gasteiger partial charge in [-0.05, 0) is 13.8 Å². The number of amides is 2. The summed E-state index contributed by atoms with van der Waals surface area (Å²) in [6.45, 7) is 5.47. The highest BCUT2D eigenvalue weighted by Crippen LogP contribution is 2.40. The number of benzene rings is 1. The number of hydrogen-bond acceptors (Lipinski definition) is 4. The van der Waals surface area contributed by atoms with Gasteiger partial charge in [0.2, 0.25) is 11.8 Å². The zero-order valence-electron chi connectivity index (χ0n) is 14.5. The largest absolute Gasteiger partial charge is 0.495 e. The molecule has 1 heterocycles. The third kappa shape index (κ3) is 3.43. The van der Waals surface area contributed by atoms with Crippen LogP contribution in [0.1, 0.15) is 20.3 Å². The second-order valence-corrected chi connectivity index (χ2v) is 5.98. The molecule has 0 bridgehead atoms. The molecule has 1 unspecified atom stereocenters. The zero-order valence-corrected chi connectivity index (χ0v) is 15.2. The Morgan fingerprint density at radius 1 is 1.25 bits per heavy atom. The average molecular weight is 355 g/mol. The van der Waals surface area contributed by atoms with Gasteiger partial charge in [0, 0.05) is 38.2 Å². The normalized spacial score (nSPS) is 17.1. The van der Waals surface area contributed by atoms with Gasteiger partial charge >= 0.3 is 0 Å². The lowest BCUT2D eigenvalue weighted by Crippen LogP contribution is -2.37. The lowest BCUT2D eigenvalue weighted by Gasteiger charge is -2.23. The molecule has 1 aromatic rings. The molecular weight excluding hydrogens is 332 g/mol. The lowest BCUT2D eigenvalue weighted by molar-refractivity contribution is -0.135. The van der Waals surface area contributed by atoms with Crippen LogP contribution in [0.5, 0.6) is 11.5 Å². The number of methoxy groups -OCH3 is 2. The minimum atomic E-state index is -0.344. The van der Waals surface area contributed by atoms with Crippen molar-refractivity contribution >= 4 is 29.1 Å². The van der Waals surface area contributed by atoms with E-state index < -0.39 is 0 Å². The van der Waals surface area contributed by atoms with E-state index in [0.717, 1.165) is 0 Å². The van der Waals surface area contributed by atoms with E-state index in [9.17, 15) is 9.59 Å². The number of carbonyl (C=O) groups excluding carboxylic acids is 2. The lowest BCUT2D eigenvalue weighted by atomic mass is 10.1. The number of ether oxygens (including phenoxy) is 2. The highest BCUT2D eigenvalue weighted by Gasteiger charge is 2.38. The zero-order chi connectivity index (χ0) is 17.9. The third-order valence-electron chi connectivity index (χ3n) is 4.29. The number of anilines is 1. The molecule has 0 aromatic heterocycles. The molecule has 24 heavy (non-hydrogen) atoms. The number of halogens is 1.